The first-order chi connectivity index (χ1) is 15.6. The number of nitrogens with zero attached hydrogens (tertiary/aromatic N) is 3. The predicted octanol–water partition coefficient (Wildman–Crippen LogP) is 5.94. The van der Waals surface area contributed by atoms with Crippen molar-refractivity contribution >= 4 is 51.6 Å². The molecule has 1 fully saturated rings. The highest BCUT2D eigenvalue weighted by Crippen LogP contribution is 2.31. The number of aromatic amines is 1. The number of thioether (sulfide) groups is 1. The molecule has 1 N–H and O–H groups in total. The molecular weight excluding hydrogens is 444 g/mol. The van der Waals surface area contributed by atoms with Crippen molar-refractivity contribution in [3.63, 3.8) is 0 Å². The number of carbonyl (C=O) groups excluding carboxylic acids is 1. The molecule has 1 aliphatic rings. The maximum atomic E-state index is 12.6. The Morgan fingerprint density at radius 1 is 1.16 bits per heavy atom. The van der Waals surface area contributed by atoms with Crippen molar-refractivity contribution in [1.82, 2.24) is 9.88 Å². The third kappa shape index (κ3) is 3.97. The largest absolute Gasteiger partial charge is 0.467 e. The molecule has 6 nitrogen and oxygen atoms in total. The molecule has 1 aliphatic heterocycles. The molecule has 32 heavy (non-hydrogen) atoms. The van der Waals surface area contributed by atoms with Gasteiger partial charge < -0.3 is 9.40 Å². The van der Waals surface area contributed by atoms with E-state index in [4.69, 9.17) is 16.0 Å². The summed E-state index contributed by atoms with van der Waals surface area (Å²) in [6, 6.07) is 19.3. The lowest BCUT2D eigenvalue weighted by Gasteiger charge is -2.13. The number of H-pyrrole nitrogens is 1. The molecule has 1 amide bonds. The lowest BCUT2D eigenvalue weighted by atomic mass is 10.1. The van der Waals surface area contributed by atoms with Gasteiger partial charge in [-0.3, -0.25) is 9.69 Å². The molecule has 1 unspecified atom stereocenters. The summed E-state index contributed by atoms with van der Waals surface area (Å²) >= 11 is 7.46. The van der Waals surface area contributed by atoms with Crippen LogP contribution in [-0.4, -0.2) is 32.4 Å². The molecule has 0 aliphatic carbocycles. The van der Waals surface area contributed by atoms with E-state index in [2.05, 4.69) is 15.2 Å². The lowest BCUT2D eigenvalue weighted by molar-refractivity contribution is -0.126. The minimum Gasteiger partial charge on any atom is -0.467 e. The summed E-state index contributed by atoms with van der Waals surface area (Å²) in [5.74, 6) is 0.695. The number of furan rings is 1. The third-order valence-corrected chi connectivity index (χ3v) is 6.55. The standard InChI is InChI=1S/C24H19ClN4O2S/c1-15-23(30)29(14-18-5-4-12-31-18)24(32-15)28-26-13-20-19-6-2-3-7-21(19)27-22(20)16-8-10-17(25)11-9-16/h2-13,15,27H,14H2,1H3/b26-13+,28-24-. The Balaban J connectivity index is 1.50. The van der Waals surface area contributed by atoms with Crippen LogP contribution in [0.2, 0.25) is 5.02 Å². The number of rotatable bonds is 5. The van der Waals surface area contributed by atoms with Gasteiger partial charge in [0, 0.05) is 21.5 Å². The first-order valence-electron chi connectivity index (χ1n) is 10.1. The van der Waals surface area contributed by atoms with Gasteiger partial charge in [0.25, 0.3) is 0 Å². The number of aromatic nitrogens is 1. The number of fused-ring (bicyclic) bond motifs is 1. The highest BCUT2D eigenvalue weighted by Gasteiger charge is 2.35. The van der Waals surface area contributed by atoms with Crippen LogP contribution >= 0.6 is 23.4 Å². The van der Waals surface area contributed by atoms with Crippen LogP contribution in [0.1, 0.15) is 18.2 Å². The first-order valence-corrected chi connectivity index (χ1v) is 11.3. The summed E-state index contributed by atoms with van der Waals surface area (Å²) < 4.78 is 5.40. The van der Waals surface area contributed by atoms with Crippen molar-refractivity contribution in [3.8, 4) is 11.3 Å². The van der Waals surface area contributed by atoms with E-state index in [0.717, 1.165) is 27.7 Å². The molecule has 1 saturated heterocycles. The van der Waals surface area contributed by atoms with Gasteiger partial charge >= 0.3 is 0 Å². The Hall–Kier alpha value is -3.29. The average molecular weight is 463 g/mol. The molecule has 0 bridgehead atoms. The smallest absolute Gasteiger partial charge is 0.242 e. The second-order valence-electron chi connectivity index (χ2n) is 7.36. The molecule has 3 heterocycles. The average Bonchev–Trinajstić information content (AvgIpc) is 3.50. The maximum absolute atomic E-state index is 12.6. The maximum Gasteiger partial charge on any atom is 0.242 e. The lowest BCUT2D eigenvalue weighted by Crippen LogP contribution is -2.30. The summed E-state index contributed by atoms with van der Waals surface area (Å²) in [7, 11) is 0. The van der Waals surface area contributed by atoms with Gasteiger partial charge in [-0.15, -0.1) is 5.10 Å². The van der Waals surface area contributed by atoms with Crippen LogP contribution in [0.3, 0.4) is 0 Å². The molecule has 160 valence electrons. The van der Waals surface area contributed by atoms with Crippen molar-refractivity contribution in [2.45, 2.75) is 18.7 Å². The molecule has 2 aromatic carbocycles. The molecule has 5 rings (SSSR count). The molecule has 4 aromatic rings. The van der Waals surface area contributed by atoms with E-state index in [9.17, 15) is 4.79 Å². The number of para-hydroxylation sites is 1. The summed E-state index contributed by atoms with van der Waals surface area (Å²) in [5, 5.41) is 10.8. The summed E-state index contributed by atoms with van der Waals surface area (Å²) in [5.41, 5.74) is 3.86. The zero-order valence-electron chi connectivity index (χ0n) is 17.2. The second-order valence-corrected chi connectivity index (χ2v) is 9.10. The van der Waals surface area contributed by atoms with Crippen molar-refractivity contribution in [2.75, 3.05) is 0 Å². The fourth-order valence-corrected chi connectivity index (χ4v) is 4.69. The molecule has 0 saturated carbocycles. The van der Waals surface area contributed by atoms with Crippen molar-refractivity contribution in [3.05, 3.63) is 83.3 Å². The highest BCUT2D eigenvalue weighted by molar-refractivity contribution is 8.15. The van der Waals surface area contributed by atoms with Crippen LogP contribution in [0.5, 0.6) is 0 Å². The van der Waals surface area contributed by atoms with Crippen LogP contribution in [0.25, 0.3) is 22.2 Å². The Kier molecular flexibility index (Phi) is 5.59. The van der Waals surface area contributed by atoms with E-state index in [-0.39, 0.29) is 11.2 Å². The van der Waals surface area contributed by atoms with Crippen molar-refractivity contribution < 1.29 is 9.21 Å². The van der Waals surface area contributed by atoms with Gasteiger partial charge in [0.15, 0.2) is 5.17 Å². The monoisotopic (exact) mass is 462 g/mol. The van der Waals surface area contributed by atoms with Gasteiger partial charge in [0.2, 0.25) is 5.91 Å². The number of hydrogen-bond donors (Lipinski definition) is 1. The van der Waals surface area contributed by atoms with E-state index in [1.165, 1.54) is 11.8 Å². The zero-order chi connectivity index (χ0) is 22.1. The topological polar surface area (TPSA) is 74.0 Å². The highest BCUT2D eigenvalue weighted by atomic mass is 35.5. The Morgan fingerprint density at radius 3 is 2.75 bits per heavy atom. The number of hydrogen-bond acceptors (Lipinski definition) is 5. The molecule has 1 atom stereocenters. The Morgan fingerprint density at radius 2 is 1.97 bits per heavy atom. The number of halogens is 1. The van der Waals surface area contributed by atoms with E-state index in [1.54, 1.807) is 23.4 Å². The van der Waals surface area contributed by atoms with Crippen LogP contribution < -0.4 is 0 Å². The SMILES string of the molecule is CC1S/C(=N\N=C\c2c(-c3ccc(Cl)cc3)[nH]c3ccccc23)N(Cc2ccco2)C1=O. The van der Waals surface area contributed by atoms with Gasteiger partial charge in [0.05, 0.1) is 30.0 Å². The van der Waals surface area contributed by atoms with E-state index >= 15 is 0 Å². The van der Waals surface area contributed by atoms with Crippen LogP contribution in [0, 0.1) is 0 Å². The fourth-order valence-electron chi connectivity index (χ4n) is 3.65. The Labute approximate surface area is 194 Å². The molecule has 2 aromatic heterocycles. The van der Waals surface area contributed by atoms with Gasteiger partial charge in [0.1, 0.15) is 5.76 Å². The van der Waals surface area contributed by atoms with Crippen LogP contribution in [-0.2, 0) is 11.3 Å². The van der Waals surface area contributed by atoms with E-state index < -0.39 is 0 Å². The Bertz CT molecular complexity index is 1330. The van der Waals surface area contributed by atoms with Gasteiger partial charge in [-0.25, -0.2) is 0 Å². The van der Waals surface area contributed by atoms with E-state index in [1.807, 2.05) is 61.5 Å². The fraction of sp³-hybridized carbons (Fsp3) is 0.125. The molecular formula is C24H19ClN4O2S. The van der Waals surface area contributed by atoms with Crippen molar-refractivity contribution in [1.29, 1.82) is 0 Å². The number of amidine groups is 1. The summed E-state index contributed by atoms with van der Waals surface area (Å²) in [4.78, 5) is 17.7. The summed E-state index contributed by atoms with van der Waals surface area (Å²) in [6.07, 6.45) is 3.32. The predicted molar refractivity (Wildman–Crippen MR) is 130 cm³/mol. The van der Waals surface area contributed by atoms with Crippen LogP contribution in [0.15, 0.2) is 81.5 Å². The van der Waals surface area contributed by atoms with Gasteiger partial charge in [-0.1, -0.05) is 53.7 Å². The normalized spacial score (nSPS) is 17.9. The van der Waals surface area contributed by atoms with Crippen LogP contribution in [0.4, 0.5) is 0 Å². The zero-order valence-corrected chi connectivity index (χ0v) is 18.7. The quantitative estimate of drug-likeness (QED) is 0.295. The summed E-state index contributed by atoms with van der Waals surface area (Å²) in [6.45, 7) is 2.20. The minimum absolute atomic E-state index is 0.00528. The van der Waals surface area contributed by atoms with E-state index in [0.29, 0.717) is 22.5 Å². The third-order valence-electron chi connectivity index (χ3n) is 5.23. The molecule has 0 spiro atoms. The number of carbonyl (C=O) groups is 1. The number of nitrogens with one attached hydrogen (secondary N) is 1. The first kappa shape index (κ1) is 20.6. The van der Waals surface area contributed by atoms with Gasteiger partial charge in [-0.2, -0.15) is 5.10 Å². The second kappa shape index (κ2) is 8.68. The van der Waals surface area contributed by atoms with Gasteiger partial charge in [-0.05, 0) is 42.8 Å². The number of amides is 1. The molecule has 0 radical (unpaired) electrons. The van der Waals surface area contributed by atoms with Crippen molar-refractivity contribution in [2.24, 2.45) is 10.2 Å². The minimum atomic E-state index is -0.211. The number of benzene rings is 2. The molecule has 8 heteroatoms.